The van der Waals surface area contributed by atoms with Crippen LogP contribution in [0.2, 0.25) is 0 Å². The molecular weight excluding hydrogens is 492 g/mol. The van der Waals surface area contributed by atoms with Gasteiger partial charge in [0.15, 0.2) is 6.29 Å². The molecule has 12 heteroatoms. The maximum Gasteiger partial charge on any atom is 0.337 e. The highest BCUT2D eigenvalue weighted by atomic mass is 16.8. The average molecular weight is 525 g/mol. The fourth-order valence-corrected chi connectivity index (χ4v) is 4.10. The Morgan fingerprint density at radius 3 is 2.41 bits per heavy atom. The Kier molecular flexibility index (Phi) is 10.0. The minimum absolute atomic E-state index is 0.0414. The first-order chi connectivity index (χ1) is 17.7. The van der Waals surface area contributed by atoms with E-state index in [0.29, 0.717) is 12.0 Å². The summed E-state index contributed by atoms with van der Waals surface area (Å²) in [6.07, 6.45) is -6.02. The molecule has 0 aromatic heterocycles. The number of allylic oxidation sites excluding steroid dienone is 1. The molecule has 0 unspecified atom stereocenters. The zero-order valence-corrected chi connectivity index (χ0v) is 20.4. The van der Waals surface area contributed by atoms with Crippen molar-refractivity contribution in [3.8, 4) is 5.75 Å². The SMILES string of the molecule is CC=C1[C@H](O[C@@H]2O[C@H](CO)[C@@H](O)[C@@H](O)[C@H]2O)OC=C(C(=O)OC)[C@H]1CC(=O)OCCc1ccc(O)cc1. The van der Waals surface area contributed by atoms with Crippen LogP contribution < -0.4 is 0 Å². The van der Waals surface area contributed by atoms with Crippen LogP contribution in [0.3, 0.4) is 0 Å². The number of aromatic hydroxyl groups is 1. The molecule has 7 atom stereocenters. The second-order valence-corrected chi connectivity index (χ2v) is 8.55. The molecule has 0 aliphatic carbocycles. The third kappa shape index (κ3) is 6.86. The number of aliphatic hydroxyl groups is 4. The number of esters is 2. The van der Waals surface area contributed by atoms with Crippen molar-refractivity contribution < 1.29 is 58.8 Å². The second-order valence-electron chi connectivity index (χ2n) is 8.55. The summed E-state index contributed by atoms with van der Waals surface area (Å²) in [6, 6.07) is 6.47. The molecule has 2 heterocycles. The summed E-state index contributed by atoms with van der Waals surface area (Å²) in [5, 5.41) is 49.1. The molecule has 204 valence electrons. The molecule has 0 bridgehead atoms. The fraction of sp³-hybridized carbons (Fsp3) is 0.520. The van der Waals surface area contributed by atoms with Crippen molar-refractivity contribution in [2.24, 2.45) is 5.92 Å². The molecule has 37 heavy (non-hydrogen) atoms. The number of aliphatic hydroxyl groups excluding tert-OH is 4. The summed E-state index contributed by atoms with van der Waals surface area (Å²) in [6.45, 7) is 1.06. The van der Waals surface area contributed by atoms with Gasteiger partial charge < -0.3 is 49.2 Å². The van der Waals surface area contributed by atoms with Gasteiger partial charge in [-0.1, -0.05) is 18.2 Å². The number of carbonyl (C=O) groups is 2. The first kappa shape index (κ1) is 28.6. The summed E-state index contributed by atoms with van der Waals surface area (Å²) >= 11 is 0. The first-order valence-electron chi connectivity index (χ1n) is 11.7. The van der Waals surface area contributed by atoms with Crippen molar-refractivity contribution in [3.63, 3.8) is 0 Å². The summed E-state index contributed by atoms with van der Waals surface area (Å²) in [7, 11) is 1.18. The summed E-state index contributed by atoms with van der Waals surface area (Å²) in [4.78, 5) is 25.1. The predicted octanol–water partition coefficient (Wildman–Crippen LogP) is -0.340. The number of hydrogen-bond donors (Lipinski definition) is 5. The number of phenolic OH excluding ortho intramolecular Hbond substituents is 1. The van der Waals surface area contributed by atoms with Crippen LogP contribution >= 0.6 is 0 Å². The number of rotatable bonds is 9. The van der Waals surface area contributed by atoms with Crippen LogP contribution in [0.15, 0.2) is 47.7 Å². The van der Waals surface area contributed by atoms with Gasteiger partial charge in [0.2, 0.25) is 6.29 Å². The van der Waals surface area contributed by atoms with Gasteiger partial charge in [-0.05, 0) is 24.6 Å². The van der Waals surface area contributed by atoms with Crippen molar-refractivity contribution in [1.82, 2.24) is 0 Å². The lowest BCUT2D eigenvalue weighted by Gasteiger charge is -2.41. The van der Waals surface area contributed by atoms with Crippen LogP contribution in [-0.2, 0) is 39.7 Å². The van der Waals surface area contributed by atoms with E-state index in [4.69, 9.17) is 23.7 Å². The second kappa shape index (κ2) is 13.0. The van der Waals surface area contributed by atoms with Crippen molar-refractivity contribution in [3.05, 3.63) is 53.3 Å². The number of benzene rings is 1. The largest absolute Gasteiger partial charge is 0.508 e. The van der Waals surface area contributed by atoms with Crippen molar-refractivity contribution >= 4 is 11.9 Å². The molecule has 1 saturated heterocycles. The maximum absolute atomic E-state index is 12.7. The third-order valence-corrected chi connectivity index (χ3v) is 6.19. The molecule has 12 nitrogen and oxygen atoms in total. The lowest BCUT2D eigenvalue weighted by molar-refractivity contribution is -0.327. The van der Waals surface area contributed by atoms with Crippen molar-refractivity contribution in [2.45, 2.75) is 56.8 Å². The molecule has 0 saturated carbocycles. The predicted molar refractivity (Wildman–Crippen MR) is 124 cm³/mol. The van der Waals surface area contributed by atoms with Gasteiger partial charge in [0.1, 0.15) is 30.2 Å². The van der Waals surface area contributed by atoms with Gasteiger partial charge in [-0.25, -0.2) is 4.79 Å². The summed E-state index contributed by atoms with van der Waals surface area (Å²) in [5.74, 6) is -2.07. The molecule has 3 rings (SSSR count). The third-order valence-electron chi connectivity index (χ3n) is 6.19. The van der Waals surface area contributed by atoms with Gasteiger partial charge in [-0.15, -0.1) is 0 Å². The van der Waals surface area contributed by atoms with E-state index >= 15 is 0 Å². The van der Waals surface area contributed by atoms with E-state index in [9.17, 15) is 35.1 Å². The molecule has 0 amide bonds. The van der Waals surface area contributed by atoms with Gasteiger partial charge in [0.25, 0.3) is 0 Å². The molecule has 1 aromatic carbocycles. The van der Waals surface area contributed by atoms with Crippen LogP contribution in [0.5, 0.6) is 5.75 Å². The smallest absolute Gasteiger partial charge is 0.337 e. The zero-order valence-electron chi connectivity index (χ0n) is 20.4. The summed E-state index contributed by atoms with van der Waals surface area (Å²) in [5.41, 5.74) is 1.23. The van der Waals surface area contributed by atoms with Crippen molar-refractivity contribution in [1.29, 1.82) is 0 Å². The van der Waals surface area contributed by atoms with Gasteiger partial charge in [0.05, 0.1) is 38.6 Å². The van der Waals surface area contributed by atoms with Gasteiger partial charge >= 0.3 is 11.9 Å². The number of phenols is 1. The number of carbonyl (C=O) groups excluding carboxylic acids is 2. The Labute approximate surface area is 213 Å². The van der Waals surface area contributed by atoms with Crippen LogP contribution in [0, 0.1) is 5.92 Å². The minimum atomic E-state index is -1.67. The van der Waals surface area contributed by atoms with Crippen molar-refractivity contribution in [2.75, 3.05) is 20.3 Å². The Hall–Kier alpha value is -3.00. The van der Waals surface area contributed by atoms with Crippen LogP contribution in [0.1, 0.15) is 18.9 Å². The average Bonchev–Trinajstić information content (AvgIpc) is 2.89. The monoisotopic (exact) mass is 524 g/mol. The van der Waals surface area contributed by atoms with Gasteiger partial charge in [-0.2, -0.15) is 0 Å². The van der Waals surface area contributed by atoms with E-state index in [1.165, 1.54) is 19.2 Å². The summed E-state index contributed by atoms with van der Waals surface area (Å²) < 4.78 is 26.8. The standard InChI is InChI=1S/C25H32O12/c1-3-15-16(10-19(28)34-9-8-13-4-6-14(27)7-5-13)17(23(32)33-2)12-35-24(15)37-25-22(31)21(30)20(29)18(11-26)36-25/h3-7,12,16,18,20-22,24-27,29-31H,8-11H2,1-2H3/t16-,18+,20+,21+,22+,24-,25-/m0/s1. The molecule has 2 aliphatic rings. The molecule has 0 radical (unpaired) electrons. The van der Waals surface area contributed by atoms with E-state index in [0.717, 1.165) is 11.8 Å². The highest BCUT2D eigenvalue weighted by Crippen LogP contribution is 2.36. The number of hydrogen-bond acceptors (Lipinski definition) is 12. The molecular formula is C25H32O12. The van der Waals surface area contributed by atoms with E-state index in [1.807, 2.05) is 0 Å². The topological polar surface area (TPSA) is 181 Å². The number of ether oxygens (including phenoxy) is 5. The Bertz CT molecular complexity index is 986. The Morgan fingerprint density at radius 2 is 1.78 bits per heavy atom. The van der Waals surface area contributed by atoms with Gasteiger partial charge in [0, 0.05) is 17.9 Å². The molecule has 5 N–H and O–H groups in total. The highest BCUT2D eigenvalue weighted by Gasteiger charge is 2.46. The zero-order chi connectivity index (χ0) is 27.1. The first-order valence-corrected chi connectivity index (χ1v) is 11.7. The van der Waals surface area contributed by atoms with Crippen LogP contribution in [0.25, 0.3) is 0 Å². The van der Waals surface area contributed by atoms with E-state index in [-0.39, 0.29) is 24.4 Å². The Balaban J connectivity index is 1.71. The molecule has 1 fully saturated rings. The molecule has 2 aliphatic heterocycles. The number of methoxy groups -OCH3 is 1. The highest BCUT2D eigenvalue weighted by molar-refractivity contribution is 5.90. The lowest BCUT2D eigenvalue weighted by Crippen LogP contribution is -2.60. The Morgan fingerprint density at radius 1 is 1.08 bits per heavy atom. The molecule has 0 spiro atoms. The van der Waals surface area contributed by atoms with E-state index in [1.54, 1.807) is 25.1 Å². The van der Waals surface area contributed by atoms with E-state index in [2.05, 4.69) is 0 Å². The maximum atomic E-state index is 12.7. The van der Waals surface area contributed by atoms with Crippen LogP contribution in [0.4, 0.5) is 0 Å². The fourth-order valence-electron chi connectivity index (χ4n) is 4.10. The van der Waals surface area contributed by atoms with Crippen LogP contribution in [-0.4, -0.2) is 94.8 Å². The quantitative estimate of drug-likeness (QED) is 0.210. The minimum Gasteiger partial charge on any atom is -0.508 e. The lowest BCUT2D eigenvalue weighted by atomic mass is 9.86. The molecule has 1 aromatic rings. The van der Waals surface area contributed by atoms with E-state index < -0.39 is 61.5 Å². The van der Waals surface area contributed by atoms with Gasteiger partial charge in [-0.3, -0.25) is 4.79 Å². The normalized spacial score (nSPS) is 30.8.